The minimum absolute atomic E-state index is 0.189. The van der Waals surface area contributed by atoms with Gasteiger partial charge in [-0.05, 0) is 24.3 Å². The van der Waals surface area contributed by atoms with Crippen LogP contribution in [0.25, 0.3) is 0 Å². The molecule has 71 valence electrons. The van der Waals surface area contributed by atoms with Gasteiger partial charge in [-0.15, -0.1) is 0 Å². The average molecular weight is 179 g/mol. The maximum Gasteiger partial charge on any atom is 0.134 e. The molecular formula is C12H16F. The minimum Gasteiger partial charge on any atom is -0.206 e. The highest BCUT2D eigenvalue weighted by Gasteiger charge is 2.03. The molecule has 0 spiro atoms. The number of aryl methyl sites for hydroxylation is 1. The molecule has 1 aromatic rings. The number of hydrogen-bond donors (Lipinski definition) is 0. The molecule has 0 nitrogen and oxygen atoms in total. The van der Waals surface area contributed by atoms with Crippen molar-refractivity contribution in [1.29, 1.82) is 0 Å². The SMILES string of the molecule is CCC(C)CCc1ccc[c]c1F. The number of rotatable bonds is 4. The van der Waals surface area contributed by atoms with Crippen LogP contribution < -0.4 is 0 Å². The second kappa shape index (κ2) is 5.00. The van der Waals surface area contributed by atoms with E-state index in [1.807, 2.05) is 12.1 Å². The summed E-state index contributed by atoms with van der Waals surface area (Å²) in [6, 6.07) is 7.87. The predicted octanol–water partition coefficient (Wildman–Crippen LogP) is 3.60. The van der Waals surface area contributed by atoms with E-state index in [4.69, 9.17) is 0 Å². The highest BCUT2D eigenvalue weighted by Crippen LogP contribution is 2.14. The van der Waals surface area contributed by atoms with Gasteiger partial charge in [-0.2, -0.15) is 0 Å². The lowest BCUT2D eigenvalue weighted by atomic mass is 9.99. The fraction of sp³-hybridized carbons (Fsp3) is 0.500. The van der Waals surface area contributed by atoms with Gasteiger partial charge in [0, 0.05) is 6.07 Å². The van der Waals surface area contributed by atoms with Gasteiger partial charge in [-0.1, -0.05) is 38.5 Å². The summed E-state index contributed by atoms with van der Waals surface area (Å²) in [4.78, 5) is 0. The van der Waals surface area contributed by atoms with Gasteiger partial charge in [0.1, 0.15) is 5.82 Å². The first-order chi connectivity index (χ1) is 6.24. The van der Waals surface area contributed by atoms with Gasteiger partial charge >= 0.3 is 0 Å². The summed E-state index contributed by atoms with van der Waals surface area (Å²) in [7, 11) is 0. The van der Waals surface area contributed by atoms with Crippen LogP contribution in [0.1, 0.15) is 32.3 Å². The van der Waals surface area contributed by atoms with Crippen molar-refractivity contribution in [3.05, 3.63) is 35.6 Å². The Hall–Kier alpha value is -0.850. The molecule has 0 aliphatic heterocycles. The van der Waals surface area contributed by atoms with Crippen molar-refractivity contribution in [2.75, 3.05) is 0 Å². The van der Waals surface area contributed by atoms with Crippen LogP contribution in [0.4, 0.5) is 4.39 Å². The highest BCUT2D eigenvalue weighted by atomic mass is 19.1. The van der Waals surface area contributed by atoms with Crippen molar-refractivity contribution in [2.45, 2.75) is 33.1 Å². The minimum atomic E-state index is -0.189. The Labute approximate surface area is 79.8 Å². The van der Waals surface area contributed by atoms with Crippen LogP contribution >= 0.6 is 0 Å². The van der Waals surface area contributed by atoms with Crippen LogP contribution in [0.15, 0.2) is 18.2 Å². The van der Waals surface area contributed by atoms with Crippen molar-refractivity contribution < 1.29 is 4.39 Å². The summed E-state index contributed by atoms with van der Waals surface area (Å²) < 4.78 is 13.1. The molecule has 1 aromatic carbocycles. The second-order valence-electron chi connectivity index (χ2n) is 3.56. The zero-order valence-corrected chi connectivity index (χ0v) is 8.31. The monoisotopic (exact) mass is 179 g/mol. The Morgan fingerprint density at radius 3 is 2.92 bits per heavy atom. The third-order valence-electron chi connectivity index (χ3n) is 2.49. The molecule has 0 N–H and O–H groups in total. The van der Waals surface area contributed by atoms with Gasteiger partial charge in [0.25, 0.3) is 0 Å². The topological polar surface area (TPSA) is 0 Å². The summed E-state index contributed by atoms with van der Waals surface area (Å²) in [5.74, 6) is 0.491. The Balaban J connectivity index is 2.50. The van der Waals surface area contributed by atoms with Gasteiger partial charge < -0.3 is 0 Å². The molecule has 1 atom stereocenters. The summed E-state index contributed by atoms with van der Waals surface area (Å²) in [5, 5.41) is 0. The van der Waals surface area contributed by atoms with Gasteiger partial charge in [0.2, 0.25) is 0 Å². The molecule has 0 aromatic heterocycles. The largest absolute Gasteiger partial charge is 0.206 e. The molecule has 0 aliphatic carbocycles. The maximum atomic E-state index is 13.1. The van der Waals surface area contributed by atoms with E-state index in [1.165, 1.54) is 0 Å². The lowest BCUT2D eigenvalue weighted by molar-refractivity contribution is 0.506. The number of hydrogen-bond acceptors (Lipinski definition) is 0. The van der Waals surface area contributed by atoms with Crippen molar-refractivity contribution in [3.8, 4) is 0 Å². The molecule has 1 heteroatoms. The fourth-order valence-corrected chi connectivity index (χ4v) is 1.25. The third-order valence-corrected chi connectivity index (χ3v) is 2.49. The second-order valence-corrected chi connectivity index (χ2v) is 3.56. The molecule has 0 aliphatic rings. The first kappa shape index (κ1) is 10.2. The molecule has 0 saturated carbocycles. The first-order valence-corrected chi connectivity index (χ1v) is 4.89. The van der Waals surface area contributed by atoms with Crippen molar-refractivity contribution in [1.82, 2.24) is 0 Å². The molecule has 0 heterocycles. The number of benzene rings is 1. The van der Waals surface area contributed by atoms with Crippen LogP contribution in [-0.4, -0.2) is 0 Å². The molecule has 0 bridgehead atoms. The first-order valence-electron chi connectivity index (χ1n) is 4.89. The van der Waals surface area contributed by atoms with Crippen molar-refractivity contribution >= 4 is 0 Å². The van der Waals surface area contributed by atoms with Crippen LogP contribution in [0.5, 0.6) is 0 Å². The Morgan fingerprint density at radius 1 is 1.54 bits per heavy atom. The normalized spacial score (nSPS) is 12.8. The zero-order valence-electron chi connectivity index (χ0n) is 8.31. The fourth-order valence-electron chi connectivity index (χ4n) is 1.25. The van der Waals surface area contributed by atoms with E-state index in [2.05, 4.69) is 19.9 Å². The van der Waals surface area contributed by atoms with E-state index in [1.54, 1.807) is 6.07 Å². The molecule has 1 rings (SSSR count). The van der Waals surface area contributed by atoms with E-state index < -0.39 is 0 Å². The van der Waals surface area contributed by atoms with E-state index in [-0.39, 0.29) is 5.82 Å². The zero-order chi connectivity index (χ0) is 9.68. The van der Waals surface area contributed by atoms with Gasteiger partial charge in [-0.25, -0.2) is 4.39 Å². The smallest absolute Gasteiger partial charge is 0.134 e. The van der Waals surface area contributed by atoms with Crippen LogP contribution in [-0.2, 0) is 6.42 Å². The molecule has 0 saturated heterocycles. The quantitative estimate of drug-likeness (QED) is 0.662. The summed E-state index contributed by atoms with van der Waals surface area (Å²) >= 11 is 0. The standard InChI is InChI=1S/C12H16F/c1-3-10(2)8-9-11-6-4-5-7-12(11)13/h4-6,10H,3,8-9H2,1-2H3. The molecule has 0 fully saturated rings. The molecular weight excluding hydrogens is 163 g/mol. The lowest BCUT2D eigenvalue weighted by Crippen LogP contribution is -1.97. The maximum absolute atomic E-state index is 13.1. The number of halogens is 1. The summed E-state index contributed by atoms with van der Waals surface area (Å²) in [5.41, 5.74) is 0.794. The van der Waals surface area contributed by atoms with Gasteiger partial charge in [0.05, 0.1) is 0 Å². The van der Waals surface area contributed by atoms with E-state index in [0.29, 0.717) is 5.92 Å². The predicted molar refractivity (Wildman–Crippen MR) is 53.0 cm³/mol. The van der Waals surface area contributed by atoms with Gasteiger partial charge in [-0.3, -0.25) is 0 Å². The molecule has 1 radical (unpaired) electrons. The third kappa shape index (κ3) is 3.17. The van der Waals surface area contributed by atoms with Crippen LogP contribution in [0, 0.1) is 17.8 Å². The van der Waals surface area contributed by atoms with E-state index in [0.717, 1.165) is 24.8 Å². The molecule has 0 amide bonds. The Bertz CT molecular complexity index is 255. The van der Waals surface area contributed by atoms with Crippen molar-refractivity contribution in [2.24, 2.45) is 5.92 Å². The van der Waals surface area contributed by atoms with Crippen LogP contribution in [0.3, 0.4) is 0 Å². The Morgan fingerprint density at radius 2 is 2.31 bits per heavy atom. The summed E-state index contributed by atoms with van der Waals surface area (Å²) in [6.07, 6.45) is 3.06. The summed E-state index contributed by atoms with van der Waals surface area (Å²) in [6.45, 7) is 4.36. The molecule has 1 unspecified atom stereocenters. The van der Waals surface area contributed by atoms with E-state index in [9.17, 15) is 4.39 Å². The molecule has 13 heavy (non-hydrogen) atoms. The Kier molecular flexibility index (Phi) is 3.94. The van der Waals surface area contributed by atoms with Crippen molar-refractivity contribution in [3.63, 3.8) is 0 Å². The van der Waals surface area contributed by atoms with Crippen LogP contribution in [0.2, 0.25) is 0 Å². The van der Waals surface area contributed by atoms with Gasteiger partial charge in [0.15, 0.2) is 0 Å². The van der Waals surface area contributed by atoms with E-state index >= 15 is 0 Å². The lowest BCUT2D eigenvalue weighted by Gasteiger charge is -2.07. The highest BCUT2D eigenvalue weighted by molar-refractivity contribution is 5.16. The average Bonchev–Trinajstić information content (AvgIpc) is 2.16.